The number of amides is 1. The summed E-state index contributed by atoms with van der Waals surface area (Å²) < 4.78 is 49.5. The molecule has 12 heteroatoms. The maximum absolute atomic E-state index is 15.3. The van der Waals surface area contributed by atoms with Gasteiger partial charge in [-0.1, -0.05) is 73.4 Å². The number of carboxylic acid groups (broad SMARTS) is 1. The lowest BCUT2D eigenvalue weighted by Gasteiger charge is -2.50. The summed E-state index contributed by atoms with van der Waals surface area (Å²) in [5.41, 5.74) is 1.05. The SMILES string of the molecule is CC(C)[C@@H](CN(c1ccccc1F)S(=O)(=O)C(C)(C)C)N1C(=O)[C@H](CC(=O)O)O[C@H](c2cccc(Cl)c2)[C@H]1c1ccc(Cl)cc1. The monoisotopic (exact) mass is 678 g/mol. The van der Waals surface area contributed by atoms with Crippen molar-refractivity contribution >= 4 is 50.8 Å². The average Bonchev–Trinajstić information content (AvgIpc) is 2.95. The maximum Gasteiger partial charge on any atom is 0.306 e. The van der Waals surface area contributed by atoms with Gasteiger partial charge in [-0.05, 0) is 74.2 Å². The molecule has 1 fully saturated rings. The summed E-state index contributed by atoms with van der Waals surface area (Å²) in [6.07, 6.45) is -2.91. The fourth-order valence-electron chi connectivity index (χ4n) is 5.46. The molecule has 3 aromatic carbocycles. The number of rotatable bonds is 10. The van der Waals surface area contributed by atoms with Crippen LogP contribution in [-0.4, -0.2) is 53.7 Å². The summed E-state index contributed by atoms with van der Waals surface area (Å²) >= 11 is 12.6. The number of morpholine rings is 1. The first-order valence-corrected chi connectivity index (χ1v) is 16.7. The Morgan fingerprint density at radius 3 is 2.20 bits per heavy atom. The van der Waals surface area contributed by atoms with Crippen molar-refractivity contribution in [2.45, 2.75) is 70.1 Å². The predicted molar refractivity (Wildman–Crippen MR) is 173 cm³/mol. The van der Waals surface area contributed by atoms with E-state index in [-0.39, 0.29) is 18.2 Å². The molecule has 4 rings (SSSR count). The van der Waals surface area contributed by atoms with Crippen LogP contribution in [0.5, 0.6) is 0 Å². The summed E-state index contributed by atoms with van der Waals surface area (Å²) in [6.45, 7) is 7.92. The van der Waals surface area contributed by atoms with Crippen molar-refractivity contribution in [3.05, 3.63) is 99.8 Å². The van der Waals surface area contributed by atoms with Gasteiger partial charge in [0.2, 0.25) is 10.0 Å². The van der Waals surface area contributed by atoms with E-state index in [0.717, 1.165) is 4.31 Å². The second kappa shape index (κ2) is 13.7. The highest BCUT2D eigenvalue weighted by molar-refractivity contribution is 7.94. The summed E-state index contributed by atoms with van der Waals surface area (Å²) in [6, 6.07) is 17.5. The molecule has 1 saturated heterocycles. The number of carbonyl (C=O) groups excluding carboxylic acids is 1. The minimum absolute atomic E-state index is 0.157. The van der Waals surface area contributed by atoms with E-state index in [9.17, 15) is 23.1 Å². The standard InChI is InChI=1S/C33H37Cl2FN2O6S/c1-20(2)27(19-37(45(42,43)33(3,4)5)26-12-7-6-11-25(26)36)38-30(21-13-15-23(34)16-14-21)31(22-9-8-10-24(35)17-22)44-28(32(38)41)18-29(39)40/h6-17,20,27-28,30-31H,18-19H2,1-5H3,(H,39,40)/t27-,28+,30-,31-/m1/s1. The van der Waals surface area contributed by atoms with E-state index in [1.54, 1.807) is 54.6 Å². The second-order valence-corrected chi connectivity index (χ2v) is 15.8. The smallest absolute Gasteiger partial charge is 0.306 e. The normalized spacial score (nSPS) is 19.9. The molecule has 3 aromatic rings. The van der Waals surface area contributed by atoms with Gasteiger partial charge in [0, 0.05) is 10.0 Å². The highest BCUT2D eigenvalue weighted by atomic mass is 35.5. The van der Waals surface area contributed by atoms with Crippen LogP contribution in [0.25, 0.3) is 0 Å². The minimum Gasteiger partial charge on any atom is -0.481 e. The topological polar surface area (TPSA) is 104 Å². The number of sulfonamides is 1. The number of hydrogen-bond donors (Lipinski definition) is 1. The molecule has 0 aromatic heterocycles. The zero-order chi connectivity index (χ0) is 33.3. The molecule has 8 nitrogen and oxygen atoms in total. The Labute approximate surface area is 273 Å². The first-order valence-electron chi connectivity index (χ1n) is 14.5. The number of anilines is 1. The third-order valence-electron chi connectivity index (χ3n) is 7.84. The number of aliphatic carboxylic acids is 1. The van der Waals surface area contributed by atoms with Crippen LogP contribution in [0.1, 0.15) is 64.3 Å². The summed E-state index contributed by atoms with van der Waals surface area (Å²) in [7, 11) is -4.20. The molecule has 242 valence electrons. The van der Waals surface area contributed by atoms with Crippen LogP contribution < -0.4 is 4.31 Å². The minimum atomic E-state index is -4.20. The fraction of sp³-hybridized carbons (Fsp3) is 0.394. The highest BCUT2D eigenvalue weighted by Gasteiger charge is 2.49. The number of hydrogen-bond acceptors (Lipinski definition) is 5. The van der Waals surface area contributed by atoms with Crippen LogP contribution >= 0.6 is 23.2 Å². The molecule has 0 saturated carbocycles. The molecular formula is C33H37Cl2FN2O6S. The van der Waals surface area contributed by atoms with Crippen LogP contribution in [-0.2, 0) is 24.3 Å². The number of ether oxygens (including phenoxy) is 1. The molecule has 1 aliphatic heterocycles. The van der Waals surface area contributed by atoms with Gasteiger partial charge >= 0.3 is 5.97 Å². The van der Waals surface area contributed by atoms with Gasteiger partial charge in [-0.3, -0.25) is 13.9 Å². The number of carbonyl (C=O) groups is 2. The van der Waals surface area contributed by atoms with E-state index in [4.69, 9.17) is 27.9 Å². The average molecular weight is 680 g/mol. The van der Waals surface area contributed by atoms with Crippen LogP contribution in [0.2, 0.25) is 10.0 Å². The van der Waals surface area contributed by atoms with Gasteiger partial charge in [0.15, 0.2) is 0 Å². The summed E-state index contributed by atoms with van der Waals surface area (Å²) in [5, 5.41) is 10.6. The zero-order valence-electron chi connectivity index (χ0n) is 25.7. The van der Waals surface area contributed by atoms with Crippen LogP contribution in [0, 0.1) is 11.7 Å². The van der Waals surface area contributed by atoms with E-state index >= 15 is 4.39 Å². The van der Waals surface area contributed by atoms with Crippen molar-refractivity contribution in [3.8, 4) is 0 Å². The third kappa shape index (κ3) is 7.46. The van der Waals surface area contributed by atoms with Gasteiger partial charge < -0.3 is 14.7 Å². The van der Waals surface area contributed by atoms with Gasteiger partial charge in [0.1, 0.15) is 18.0 Å². The predicted octanol–water partition coefficient (Wildman–Crippen LogP) is 7.28. The lowest BCUT2D eigenvalue weighted by molar-refractivity contribution is -0.184. The fourth-order valence-corrected chi connectivity index (χ4v) is 7.20. The molecule has 1 N–H and O–H groups in total. The highest BCUT2D eigenvalue weighted by Crippen LogP contribution is 2.45. The van der Waals surface area contributed by atoms with Crippen molar-refractivity contribution in [2.24, 2.45) is 5.92 Å². The Bertz CT molecular complexity index is 1650. The first kappa shape index (κ1) is 34.7. The van der Waals surface area contributed by atoms with E-state index in [1.807, 2.05) is 13.8 Å². The molecule has 45 heavy (non-hydrogen) atoms. The molecule has 0 bridgehead atoms. The third-order valence-corrected chi connectivity index (χ3v) is 10.8. The quantitative estimate of drug-likeness (QED) is 0.242. The molecular weight excluding hydrogens is 642 g/mol. The second-order valence-electron chi connectivity index (χ2n) is 12.4. The Morgan fingerprint density at radius 1 is 1.00 bits per heavy atom. The molecule has 0 radical (unpaired) electrons. The van der Waals surface area contributed by atoms with Crippen LogP contribution in [0.15, 0.2) is 72.8 Å². The Morgan fingerprint density at radius 2 is 1.64 bits per heavy atom. The van der Waals surface area contributed by atoms with Crippen molar-refractivity contribution in [3.63, 3.8) is 0 Å². The van der Waals surface area contributed by atoms with Crippen LogP contribution in [0.4, 0.5) is 10.1 Å². The lowest BCUT2D eigenvalue weighted by atomic mass is 9.88. The van der Waals surface area contributed by atoms with E-state index < -0.39 is 63.2 Å². The van der Waals surface area contributed by atoms with Gasteiger partial charge in [-0.2, -0.15) is 0 Å². The molecule has 1 aliphatic rings. The number of para-hydroxylation sites is 1. The number of benzene rings is 3. The van der Waals surface area contributed by atoms with E-state index in [1.165, 1.54) is 43.9 Å². The van der Waals surface area contributed by atoms with Gasteiger partial charge in [-0.15, -0.1) is 0 Å². The van der Waals surface area contributed by atoms with E-state index in [2.05, 4.69) is 0 Å². The van der Waals surface area contributed by atoms with Gasteiger partial charge in [-0.25, -0.2) is 12.8 Å². The molecule has 0 unspecified atom stereocenters. The number of nitrogens with zero attached hydrogens (tertiary/aromatic N) is 2. The molecule has 0 aliphatic carbocycles. The van der Waals surface area contributed by atoms with Crippen molar-refractivity contribution in [1.29, 1.82) is 0 Å². The summed E-state index contributed by atoms with van der Waals surface area (Å²) in [4.78, 5) is 27.8. The Kier molecular flexibility index (Phi) is 10.5. The van der Waals surface area contributed by atoms with Gasteiger partial charge in [0.05, 0.1) is 35.5 Å². The van der Waals surface area contributed by atoms with Gasteiger partial charge in [0.25, 0.3) is 5.91 Å². The molecule has 4 atom stereocenters. The van der Waals surface area contributed by atoms with Crippen molar-refractivity contribution < 1.29 is 32.2 Å². The Hall–Kier alpha value is -3.18. The number of halogens is 3. The molecule has 1 amide bonds. The zero-order valence-corrected chi connectivity index (χ0v) is 28.0. The maximum atomic E-state index is 15.3. The summed E-state index contributed by atoms with van der Waals surface area (Å²) in [5.74, 6) is -2.99. The largest absolute Gasteiger partial charge is 0.481 e. The van der Waals surface area contributed by atoms with E-state index in [0.29, 0.717) is 21.2 Å². The van der Waals surface area contributed by atoms with Crippen molar-refractivity contribution in [2.75, 3.05) is 10.8 Å². The molecule has 0 spiro atoms. The van der Waals surface area contributed by atoms with Crippen LogP contribution in [0.3, 0.4) is 0 Å². The molecule has 1 heterocycles. The van der Waals surface area contributed by atoms with Crippen molar-refractivity contribution in [1.82, 2.24) is 4.90 Å². The number of carboxylic acids is 1. The Balaban J connectivity index is 1.97. The first-order chi connectivity index (χ1) is 21.0. The lowest BCUT2D eigenvalue weighted by Crippen LogP contribution is -2.60.